The van der Waals surface area contributed by atoms with E-state index in [1.54, 1.807) is 21.3 Å². The number of aryl methyl sites for hydroxylation is 1. The summed E-state index contributed by atoms with van der Waals surface area (Å²) in [6.07, 6.45) is 2.19. The van der Waals surface area contributed by atoms with Crippen LogP contribution in [0.5, 0.6) is 28.7 Å². The van der Waals surface area contributed by atoms with Crippen molar-refractivity contribution < 1.29 is 33.3 Å². The number of hydrogen-bond donors (Lipinski definition) is 0. The zero-order valence-corrected chi connectivity index (χ0v) is 19.7. The Hall–Kier alpha value is -2.99. The van der Waals surface area contributed by atoms with Gasteiger partial charge in [-0.3, -0.25) is 4.79 Å². The Morgan fingerprint density at radius 1 is 1.06 bits per heavy atom. The van der Waals surface area contributed by atoms with Gasteiger partial charge < -0.3 is 28.5 Å². The molecule has 0 saturated carbocycles. The van der Waals surface area contributed by atoms with Gasteiger partial charge in [0.2, 0.25) is 12.5 Å². The Morgan fingerprint density at radius 3 is 2.31 bits per heavy atom. The number of carbonyl (C=O) groups excluding carboxylic acids is 1. The highest BCUT2D eigenvalue weighted by molar-refractivity contribution is 7.54. The van der Waals surface area contributed by atoms with Crippen molar-refractivity contribution in [2.24, 2.45) is 11.1 Å². The van der Waals surface area contributed by atoms with Crippen LogP contribution in [0.3, 0.4) is 0 Å². The Balaban J connectivity index is 0.000000161. The number of fused-ring (bicyclic) bond motifs is 4. The van der Waals surface area contributed by atoms with Crippen LogP contribution in [0.2, 0.25) is 0 Å². The molecule has 0 fully saturated rings. The van der Waals surface area contributed by atoms with Crippen molar-refractivity contribution in [1.82, 2.24) is 0 Å². The first-order valence-electron chi connectivity index (χ1n) is 10.1. The minimum absolute atomic E-state index is 0.324. The average molecular weight is 461 g/mol. The Bertz CT molecular complexity index is 941. The van der Waals surface area contributed by atoms with E-state index < -0.39 is 0 Å². The summed E-state index contributed by atoms with van der Waals surface area (Å²) in [6.45, 7) is 2.89. The molecule has 8 nitrogen and oxygen atoms in total. The zero-order chi connectivity index (χ0) is 22.9. The normalized spacial score (nSPS) is 16.9. The van der Waals surface area contributed by atoms with Crippen molar-refractivity contribution in [3.8, 4) is 28.7 Å². The van der Waals surface area contributed by atoms with E-state index in [1.165, 1.54) is 11.1 Å². The highest BCUT2D eigenvalue weighted by Gasteiger charge is 2.32. The molecular weight excluding hydrogens is 433 g/mol. The molecule has 0 amide bonds. The molecule has 32 heavy (non-hydrogen) atoms. The van der Waals surface area contributed by atoms with Crippen LogP contribution < -0.4 is 23.7 Å². The summed E-state index contributed by atoms with van der Waals surface area (Å²) in [5.74, 6) is 4.13. The lowest BCUT2D eigenvalue weighted by Crippen LogP contribution is -2.22. The zero-order valence-electron chi connectivity index (χ0n) is 18.7. The molecule has 9 heteroatoms. The molecule has 2 heterocycles. The van der Waals surface area contributed by atoms with Gasteiger partial charge in [-0.2, -0.15) is 0 Å². The minimum Gasteiger partial charge on any atom is -0.493 e. The molecule has 0 aromatic heterocycles. The maximum absolute atomic E-state index is 9.19. The number of ether oxygens (including phenoxy) is 5. The number of para-hydroxylation sites is 1. The van der Waals surface area contributed by atoms with Gasteiger partial charge in [0, 0.05) is 11.5 Å². The maximum Gasteiger partial charge on any atom is 0.231 e. The molecule has 0 bridgehead atoms. The van der Waals surface area contributed by atoms with Crippen LogP contribution in [0.25, 0.3) is 0 Å². The van der Waals surface area contributed by atoms with Gasteiger partial charge in [-0.1, -0.05) is 19.8 Å². The summed E-state index contributed by atoms with van der Waals surface area (Å²) < 4.78 is 26.0. The monoisotopic (exact) mass is 461 g/mol. The Morgan fingerprint density at radius 2 is 1.72 bits per heavy atom. The van der Waals surface area contributed by atoms with E-state index >= 15 is 0 Å². The summed E-state index contributed by atoms with van der Waals surface area (Å²) in [4.78, 5) is 14.4. The minimum atomic E-state index is 0.324. The van der Waals surface area contributed by atoms with Crippen molar-refractivity contribution >= 4 is 20.3 Å². The number of hydrogen-bond acceptors (Lipinski definition) is 8. The number of carbonyl (C=O) groups is 1. The van der Waals surface area contributed by atoms with Crippen LogP contribution in [0.15, 0.2) is 35.5 Å². The van der Waals surface area contributed by atoms with Gasteiger partial charge in [0.1, 0.15) is 12.6 Å². The third-order valence-electron chi connectivity index (χ3n) is 5.17. The second kappa shape index (κ2) is 11.6. The lowest BCUT2D eigenvalue weighted by atomic mass is 9.83. The van der Waals surface area contributed by atoms with Crippen LogP contribution in [-0.4, -0.2) is 53.1 Å². The van der Waals surface area contributed by atoms with E-state index in [4.69, 9.17) is 28.5 Å². The smallest absolute Gasteiger partial charge is 0.231 e. The van der Waals surface area contributed by atoms with Crippen LogP contribution in [-0.2, 0) is 16.1 Å². The quantitative estimate of drug-likeness (QED) is 0.504. The van der Waals surface area contributed by atoms with Gasteiger partial charge in [0.05, 0.1) is 27.0 Å². The lowest BCUT2D eigenvalue weighted by Gasteiger charge is -2.20. The molecule has 0 radical (unpaired) electrons. The second-order valence-corrected chi connectivity index (χ2v) is 7.79. The molecule has 0 saturated heterocycles. The number of benzene rings is 2. The Labute approximate surface area is 189 Å². The van der Waals surface area contributed by atoms with Crippen molar-refractivity contribution in [3.05, 3.63) is 41.5 Å². The largest absolute Gasteiger partial charge is 0.493 e. The molecule has 2 atom stereocenters. The first-order valence-corrected chi connectivity index (χ1v) is 11.7. The number of methoxy groups -OCH3 is 3. The van der Waals surface area contributed by atoms with Crippen molar-refractivity contribution in [2.75, 3.05) is 41.4 Å². The molecular formula is C23H28NO7P. The Kier molecular flexibility index (Phi) is 8.56. The summed E-state index contributed by atoms with van der Waals surface area (Å²) in [5.41, 5.74) is 3.56. The predicted octanol–water partition coefficient (Wildman–Crippen LogP) is 3.91. The van der Waals surface area contributed by atoms with Crippen molar-refractivity contribution in [2.45, 2.75) is 12.8 Å². The summed E-state index contributed by atoms with van der Waals surface area (Å²) in [7, 11) is 5.23. The molecule has 1 aliphatic carbocycles. The van der Waals surface area contributed by atoms with Gasteiger partial charge in [0.25, 0.3) is 0 Å². The average Bonchev–Trinajstić information content (AvgIpc) is 3.51. The van der Waals surface area contributed by atoms with Gasteiger partial charge in [-0.15, -0.1) is 0 Å². The second-order valence-electron chi connectivity index (χ2n) is 6.97. The highest BCUT2D eigenvalue weighted by atomic mass is 31.1. The first kappa shape index (κ1) is 23.7. The van der Waals surface area contributed by atoms with Crippen LogP contribution in [0.4, 0.5) is 0 Å². The van der Waals surface area contributed by atoms with Gasteiger partial charge in [-0.25, -0.2) is 0 Å². The highest BCUT2D eigenvalue weighted by Crippen LogP contribution is 2.39. The SMILES string of the molecule is COc1cccc(OC)c1OC.CPC=O.c1c2c(cc3c1OCO3)C1=NOCC1CC2. The van der Waals surface area contributed by atoms with Crippen molar-refractivity contribution in [3.63, 3.8) is 0 Å². The first-order chi connectivity index (χ1) is 15.7. The van der Waals surface area contributed by atoms with Crippen molar-refractivity contribution in [1.29, 1.82) is 0 Å². The molecule has 0 spiro atoms. The van der Waals surface area contributed by atoms with Crippen LogP contribution in [0.1, 0.15) is 17.5 Å². The van der Waals surface area contributed by atoms with E-state index in [-0.39, 0.29) is 0 Å². The molecule has 2 unspecified atom stereocenters. The molecule has 2 aliphatic heterocycles. The molecule has 3 aliphatic rings. The molecule has 2 aromatic carbocycles. The van der Waals surface area contributed by atoms with E-state index in [0.717, 1.165) is 42.7 Å². The number of oxime groups is 1. The number of rotatable bonds is 4. The summed E-state index contributed by atoms with van der Waals surface area (Å²) in [6, 6.07) is 10.5. The fourth-order valence-corrected chi connectivity index (χ4v) is 3.62. The molecule has 0 N–H and O–H groups in total. The standard InChI is InChI=1S/C12H11NO3.C9H12O3.C2H5OP/c1-2-8-5-16-13-12(8)9-4-11-10(3-7(1)9)14-6-15-11;1-10-7-5-4-6-8(11-2)9(7)12-3;1-4-2-3/h3-4,8H,1-2,5-6H2;4-6H,1-3H3;2,4H,1H3. The van der Waals surface area contributed by atoms with E-state index in [1.807, 2.05) is 30.9 Å². The lowest BCUT2D eigenvalue weighted by molar-refractivity contribution is 0.153. The molecule has 172 valence electrons. The fraction of sp³-hybridized carbons (Fsp3) is 0.391. The van der Waals surface area contributed by atoms with E-state index in [0.29, 0.717) is 38.5 Å². The van der Waals surface area contributed by atoms with Gasteiger partial charge in [0.15, 0.2) is 23.0 Å². The predicted molar refractivity (Wildman–Crippen MR) is 124 cm³/mol. The van der Waals surface area contributed by atoms with Crippen LogP contribution >= 0.6 is 8.58 Å². The molecule has 5 rings (SSSR count). The van der Waals surface area contributed by atoms with E-state index in [2.05, 4.69) is 11.2 Å². The van der Waals surface area contributed by atoms with E-state index in [9.17, 15) is 4.79 Å². The van der Waals surface area contributed by atoms with Gasteiger partial charge in [-0.05, 0) is 49.3 Å². The third-order valence-corrected chi connectivity index (χ3v) is 5.40. The number of nitrogens with zero attached hydrogens (tertiary/aromatic N) is 1. The van der Waals surface area contributed by atoms with Crippen LogP contribution in [0, 0.1) is 5.92 Å². The summed E-state index contributed by atoms with van der Waals surface area (Å²) >= 11 is 0. The summed E-state index contributed by atoms with van der Waals surface area (Å²) in [5, 5.41) is 4.14. The molecule has 2 aromatic rings. The van der Waals surface area contributed by atoms with Gasteiger partial charge >= 0.3 is 0 Å². The maximum atomic E-state index is 9.19. The topological polar surface area (TPSA) is 84.8 Å². The fourth-order valence-electron chi connectivity index (χ4n) is 3.62. The third kappa shape index (κ3) is 5.25.